The topological polar surface area (TPSA) is 3.24 Å². The van der Waals surface area contributed by atoms with Crippen LogP contribution in [0.2, 0.25) is 0 Å². The quantitative estimate of drug-likeness (QED) is 0.774. The summed E-state index contributed by atoms with van der Waals surface area (Å²) in [6.45, 7) is 14.5. The molecule has 0 N–H and O–H groups in total. The molecule has 2 heterocycles. The van der Waals surface area contributed by atoms with Gasteiger partial charge in [-0.25, -0.2) is 0 Å². The van der Waals surface area contributed by atoms with Crippen LogP contribution in [0.15, 0.2) is 5.38 Å². The highest BCUT2D eigenvalue weighted by Gasteiger charge is 2.19. The molecule has 0 aromatic carbocycles. The van der Waals surface area contributed by atoms with Gasteiger partial charge in [-0.3, -0.25) is 4.90 Å². The minimum absolute atomic E-state index is 0.785. The van der Waals surface area contributed by atoms with Gasteiger partial charge in [0, 0.05) is 18.0 Å². The van der Waals surface area contributed by atoms with Crippen LogP contribution >= 0.6 is 11.3 Å². The van der Waals surface area contributed by atoms with E-state index in [1.165, 1.54) is 32.5 Å². The Morgan fingerprint density at radius 1 is 1.35 bits per heavy atom. The maximum absolute atomic E-state index is 2.54. The van der Waals surface area contributed by atoms with Gasteiger partial charge in [0.15, 0.2) is 0 Å². The molecule has 0 fully saturated rings. The summed E-state index contributed by atoms with van der Waals surface area (Å²) < 4.78 is 0. The normalized spacial score (nSPS) is 15.4. The van der Waals surface area contributed by atoms with Crippen LogP contribution in [0, 0.1) is 5.92 Å². The van der Waals surface area contributed by atoms with Gasteiger partial charge in [-0.1, -0.05) is 34.6 Å². The van der Waals surface area contributed by atoms with Crippen LogP contribution in [0.4, 0.5) is 0 Å². The molecule has 0 spiro atoms. The molecule has 17 heavy (non-hydrogen) atoms. The third-order valence-electron chi connectivity index (χ3n) is 3.19. The minimum Gasteiger partial charge on any atom is -0.298 e. The lowest BCUT2D eigenvalue weighted by Gasteiger charge is -2.26. The zero-order chi connectivity index (χ0) is 12.8. The minimum atomic E-state index is 0.785. The van der Waals surface area contributed by atoms with Gasteiger partial charge < -0.3 is 0 Å². The van der Waals surface area contributed by atoms with Crippen LogP contribution < -0.4 is 0 Å². The number of hydrogen-bond donors (Lipinski definition) is 0. The first-order valence-corrected chi connectivity index (χ1v) is 7.89. The van der Waals surface area contributed by atoms with E-state index in [0.29, 0.717) is 0 Å². The van der Waals surface area contributed by atoms with E-state index in [9.17, 15) is 0 Å². The van der Waals surface area contributed by atoms with Crippen molar-refractivity contribution in [3.8, 4) is 0 Å². The summed E-state index contributed by atoms with van der Waals surface area (Å²) in [5.74, 6) is 0.785. The molecule has 1 aromatic rings. The predicted octanol–water partition coefficient (Wildman–Crippen LogP) is 4.35. The standard InChI is InChI=1S/C13H21NS.C2H6/c1-4-14-6-5-12-11(7-10(2)3)9-15-13(12)8-14;1-2/h9-10H,4-8H2,1-3H3;1-2H3. The van der Waals surface area contributed by atoms with Crippen LogP contribution in [0.3, 0.4) is 0 Å². The summed E-state index contributed by atoms with van der Waals surface area (Å²) >= 11 is 1.97. The van der Waals surface area contributed by atoms with Crippen LogP contribution in [0.1, 0.15) is 50.6 Å². The lowest BCUT2D eigenvalue weighted by molar-refractivity contribution is 0.271. The zero-order valence-corrected chi connectivity index (χ0v) is 12.9. The maximum atomic E-state index is 2.54. The van der Waals surface area contributed by atoms with Gasteiger partial charge in [0.1, 0.15) is 0 Å². The second-order valence-corrected chi connectivity index (χ2v) is 5.84. The third-order valence-corrected chi connectivity index (χ3v) is 4.25. The van der Waals surface area contributed by atoms with E-state index in [4.69, 9.17) is 0 Å². The average Bonchev–Trinajstić information content (AvgIpc) is 2.73. The Morgan fingerprint density at radius 2 is 2.06 bits per heavy atom. The van der Waals surface area contributed by atoms with E-state index in [1.54, 1.807) is 16.0 Å². The molecule has 0 amide bonds. The molecule has 98 valence electrons. The molecular formula is C15H27NS. The van der Waals surface area contributed by atoms with Gasteiger partial charge in [0.25, 0.3) is 0 Å². The van der Waals surface area contributed by atoms with Crippen molar-refractivity contribution in [1.29, 1.82) is 0 Å². The summed E-state index contributed by atoms with van der Waals surface area (Å²) in [7, 11) is 0. The van der Waals surface area contributed by atoms with Crippen LogP contribution in [0.5, 0.6) is 0 Å². The molecule has 0 saturated heterocycles. The molecule has 2 rings (SSSR count). The SMILES string of the molecule is CC.CCN1CCc2c(CC(C)C)csc2C1. The van der Waals surface area contributed by atoms with Gasteiger partial charge in [0.2, 0.25) is 0 Å². The van der Waals surface area contributed by atoms with Crippen LogP contribution in [-0.2, 0) is 19.4 Å². The number of fused-ring (bicyclic) bond motifs is 1. The Hall–Kier alpha value is -0.340. The molecule has 0 saturated carbocycles. The molecular weight excluding hydrogens is 226 g/mol. The van der Waals surface area contributed by atoms with Crippen molar-refractivity contribution in [1.82, 2.24) is 4.90 Å². The second kappa shape index (κ2) is 7.17. The van der Waals surface area contributed by atoms with Crippen molar-refractivity contribution in [3.05, 3.63) is 21.4 Å². The van der Waals surface area contributed by atoms with E-state index in [1.807, 2.05) is 25.2 Å². The van der Waals surface area contributed by atoms with Crippen LogP contribution in [-0.4, -0.2) is 18.0 Å². The number of rotatable bonds is 3. The Balaban J connectivity index is 0.000000686. The summed E-state index contributed by atoms with van der Waals surface area (Å²) in [4.78, 5) is 4.16. The van der Waals surface area contributed by atoms with E-state index < -0.39 is 0 Å². The molecule has 1 aromatic heterocycles. The number of likely N-dealkylation sites (N-methyl/N-ethyl adjacent to an activating group) is 1. The Morgan fingerprint density at radius 3 is 2.65 bits per heavy atom. The fraction of sp³-hybridized carbons (Fsp3) is 0.733. The van der Waals surface area contributed by atoms with E-state index in [-0.39, 0.29) is 0 Å². The van der Waals surface area contributed by atoms with Crippen molar-refractivity contribution < 1.29 is 0 Å². The molecule has 0 bridgehead atoms. The van der Waals surface area contributed by atoms with Crippen molar-refractivity contribution in [3.63, 3.8) is 0 Å². The molecule has 0 atom stereocenters. The first-order valence-electron chi connectivity index (χ1n) is 7.01. The summed E-state index contributed by atoms with van der Waals surface area (Å²) in [5, 5.41) is 2.39. The third kappa shape index (κ3) is 3.82. The predicted molar refractivity (Wildman–Crippen MR) is 78.9 cm³/mol. The highest BCUT2D eigenvalue weighted by molar-refractivity contribution is 7.10. The van der Waals surface area contributed by atoms with Crippen molar-refractivity contribution in [2.24, 2.45) is 5.92 Å². The molecule has 1 nitrogen and oxygen atoms in total. The maximum Gasteiger partial charge on any atom is 0.0330 e. The molecule has 2 heteroatoms. The molecule has 1 aliphatic rings. The van der Waals surface area contributed by atoms with Gasteiger partial charge >= 0.3 is 0 Å². The smallest absolute Gasteiger partial charge is 0.0330 e. The summed E-state index contributed by atoms with van der Waals surface area (Å²) in [5.41, 5.74) is 3.30. The zero-order valence-electron chi connectivity index (χ0n) is 12.0. The average molecular weight is 253 g/mol. The van der Waals surface area contributed by atoms with Crippen LogP contribution in [0.25, 0.3) is 0 Å². The highest BCUT2D eigenvalue weighted by atomic mass is 32.1. The fourth-order valence-corrected chi connectivity index (χ4v) is 3.48. The van der Waals surface area contributed by atoms with E-state index in [0.717, 1.165) is 5.92 Å². The second-order valence-electron chi connectivity index (χ2n) is 4.88. The van der Waals surface area contributed by atoms with Crippen molar-refractivity contribution in [2.45, 2.75) is 54.0 Å². The molecule has 1 aliphatic heterocycles. The lowest BCUT2D eigenvalue weighted by Crippen LogP contribution is -2.29. The largest absolute Gasteiger partial charge is 0.298 e. The number of hydrogen-bond acceptors (Lipinski definition) is 2. The summed E-state index contributed by atoms with van der Waals surface area (Å²) in [6.07, 6.45) is 2.53. The number of thiophene rings is 1. The van der Waals surface area contributed by atoms with Crippen molar-refractivity contribution in [2.75, 3.05) is 13.1 Å². The molecule has 0 unspecified atom stereocenters. The van der Waals surface area contributed by atoms with Gasteiger partial charge in [-0.2, -0.15) is 0 Å². The van der Waals surface area contributed by atoms with Crippen molar-refractivity contribution >= 4 is 11.3 Å². The Bertz CT molecular complexity index is 328. The first-order chi connectivity index (χ1) is 8.20. The number of nitrogens with zero attached hydrogens (tertiary/aromatic N) is 1. The molecule has 0 aliphatic carbocycles. The van der Waals surface area contributed by atoms with E-state index >= 15 is 0 Å². The lowest BCUT2D eigenvalue weighted by atomic mass is 9.97. The van der Waals surface area contributed by atoms with Gasteiger partial charge in [0.05, 0.1) is 0 Å². The first kappa shape index (κ1) is 14.7. The van der Waals surface area contributed by atoms with Gasteiger partial charge in [-0.15, -0.1) is 11.3 Å². The Kier molecular flexibility index (Phi) is 6.21. The molecule has 0 radical (unpaired) electrons. The van der Waals surface area contributed by atoms with E-state index in [2.05, 4.69) is 31.1 Å². The van der Waals surface area contributed by atoms with Gasteiger partial charge in [-0.05, 0) is 41.8 Å². The Labute approximate surface area is 111 Å². The summed E-state index contributed by atoms with van der Waals surface area (Å²) in [6, 6.07) is 0. The fourth-order valence-electron chi connectivity index (χ4n) is 2.33. The highest BCUT2D eigenvalue weighted by Crippen LogP contribution is 2.29. The monoisotopic (exact) mass is 253 g/mol.